The quantitative estimate of drug-likeness (QED) is 0.657. The van der Waals surface area contributed by atoms with Crippen molar-refractivity contribution in [3.05, 3.63) is 35.6 Å². The number of rotatable bonds is 1. The number of para-hydroxylation sites is 1. The van der Waals surface area contributed by atoms with Gasteiger partial charge in [0.1, 0.15) is 0 Å². The van der Waals surface area contributed by atoms with Crippen molar-refractivity contribution >= 4 is 28.6 Å². The first-order valence-electron chi connectivity index (χ1n) is 4.85. The highest BCUT2D eigenvalue weighted by atomic mass is 35.5. The summed E-state index contributed by atoms with van der Waals surface area (Å²) in [6, 6.07) is 9.49. The average Bonchev–Trinajstić information content (AvgIpc) is 2.74. The summed E-state index contributed by atoms with van der Waals surface area (Å²) >= 11 is 5.77. The molecular weight excluding hydrogens is 240 g/mol. The van der Waals surface area contributed by atoms with Gasteiger partial charge >= 0.3 is 0 Å². The maximum absolute atomic E-state index is 5.77. The molecule has 0 bridgehead atoms. The van der Waals surface area contributed by atoms with Crippen LogP contribution in [-0.2, 0) is 0 Å². The van der Waals surface area contributed by atoms with Crippen LogP contribution < -0.4 is 5.73 Å². The lowest BCUT2D eigenvalue weighted by atomic mass is 10.3. The van der Waals surface area contributed by atoms with E-state index in [1.807, 2.05) is 30.3 Å². The number of hydrogen-bond acceptors (Lipinski definition) is 5. The third kappa shape index (κ3) is 1.58. The molecule has 0 saturated heterocycles. The van der Waals surface area contributed by atoms with Crippen LogP contribution in [0.25, 0.3) is 16.9 Å². The van der Waals surface area contributed by atoms with Gasteiger partial charge in [0.2, 0.25) is 5.28 Å². The molecule has 0 spiro atoms. The van der Waals surface area contributed by atoms with E-state index in [0.717, 1.165) is 5.69 Å². The van der Waals surface area contributed by atoms with E-state index in [9.17, 15) is 0 Å². The SMILES string of the molecule is Nc1nc(Cl)nc2c1nnn2-c1ccccc1. The van der Waals surface area contributed by atoms with Crippen LogP contribution in [0.3, 0.4) is 0 Å². The zero-order valence-corrected chi connectivity index (χ0v) is 9.33. The number of hydrogen-bond donors (Lipinski definition) is 1. The zero-order valence-electron chi connectivity index (χ0n) is 8.58. The molecule has 2 aromatic heterocycles. The van der Waals surface area contributed by atoms with Crippen LogP contribution in [-0.4, -0.2) is 25.0 Å². The van der Waals surface area contributed by atoms with Gasteiger partial charge in [0.05, 0.1) is 5.69 Å². The molecule has 6 nitrogen and oxygen atoms in total. The van der Waals surface area contributed by atoms with Gasteiger partial charge in [-0.3, -0.25) is 0 Å². The van der Waals surface area contributed by atoms with Crippen LogP contribution in [0.15, 0.2) is 30.3 Å². The minimum absolute atomic E-state index is 0.0782. The monoisotopic (exact) mass is 246 g/mol. The van der Waals surface area contributed by atoms with Crippen LogP contribution in [0.2, 0.25) is 5.28 Å². The number of aromatic nitrogens is 5. The summed E-state index contributed by atoms with van der Waals surface area (Å²) in [6.07, 6.45) is 0. The van der Waals surface area contributed by atoms with E-state index in [0.29, 0.717) is 11.2 Å². The van der Waals surface area contributed by atoms with Gasteiger partial charge in [-0.05, 0) is 23.7 Å². The number of halogens is 1. The normalized spacial score (nSPS) is 10.9. The lowest BCUT2D eigenvalue weighted by Gasteiger charge is -2.00. The van der Waals surface area contributed by atoms with Crippen molar-refractivity contribution in [2.75, 3.05) is 5.73 Å². The molecule has 2 N–H and O–H groups in total. The van der Waals surface area contributed by atoms with Gasteiger partial charge in [-0.1, -0.05) is 23.4 Å². The fourth-order valence-corrected chi connectivity index (χ4v) is 1.72. The molecule has 17 heavy (non-hydrogen) atoms. The first-order valence-corrected chi connectivity index (χ1v) is 5.23. The molecule has 0 unspecified atom stereocenters. The molecule has 7 heteroatoms. The number of fused-ring (bicyclic) bond motifs is 1. The molecule has 0 radical (unpaired) electrons. The van der Waals surface area contributed by atoms with Crippen molar-refractivity contribution in [3.8, 4) is 5.69 Å². The number of benzene rings is 1. The summed E-state index contributed by atoms with van der Waals surface area (Å²) in [5.74, 6) is 0.224. The largest absolute Gasteiger partial charge is 0.382 e. The maximum atomic E-state index is 5.77. The smallest absolute Gasteiger partial charge is 0.226 e. The molecule has 0 amide bonds. The van der Waals surface area contributed by atoms with Crippen LogP contribution in [0.5, 0.6) is 0 Å². The number of anilines is 1. The summed E-state index contributed by atoms with van der Waals surface area (Å²) in [7, 11) is 0. The third-order valence-electron chi connectivity index (χ3n) is 2.30. The maximum Gasteiger partial charge on any atom is 0.226 e. The molecule has 0 aliphatic carbocycles. The summed E-state index contributed by atoms with van der Waals surface area (Å²) in [4.78, 5) is 7.91. The number of nitrogens with zero attached hydrogens (tertiary/aromatic N) is 5. The Bertz CT molecular complexity index is 678. The zero-order chi connectivity index (χ0) is 11.8. The Morgan fingerprint density at radius 2 is 1.88 bits per heavy atom. The fraction of sp³-hybridized carbons (Fsp3) is 0. The first-order chi connectivity index (χ1) is 8.25. The van der Waals surface area contributed by atoms with Crippen LogP contribution in [0.4, 0.5) is 5.82 Å². The standard InChI is InChI=1S/C10H7ClN6/c11-10-13-8(12)7-9(14-10)17(16-15-7)6-4-2-1-3-5-6/h1-5H,(H2,12,13,14). The van der Waals surface area contributed by atoms with Crippen molar-refractivity contribution in [1.82, 2.24) is 25.0 Å². The summed E-state index contributed by atoms with van der Waals surface area (Å²) < 4.78 is 1.57. The van der Waals surface area contributed by atoms with Crippen LogP contribution in [0.1, 0.15) is 0 Å². The molecule has 0 aliphatic heterocycles. The lowest BCUT2D eigenvalue weighted by Crippen LogP contribution is -1.99. The van der Waals surface area contributed by atoms with Gasteiger partial charge in [-0.15, -0.1) is 5.10 Å². The van der Waals surface area contributed by atoms with Crippen molar-refractivity contribution in [2.45, 2.75) is 0 Å². The summed E-state index contributed by atoms with van der Waals surface area (Å²) in [5, 5.41) is 8.01. The molecule has 1 aromatic carbocycles. The van der Waals surface area contributed by atoms with E-state index < -0.39 is 0 Å². The third-order valence-corrected chi connectivity index (χ3v) is 2.47. The Hall–Kier alpha value is -2.21. The average molecular weight is 247 g/mol. The second-order valence-corrected chi connectivity index (χ2v) is 3.72. The van der Waals surface area contributed by atoms with E-state index in [1.165, 1.54) is 0 Å². The number of nitrogen functional groups attached to an aromatic ring is 1. The van der Waals surface area contributed by atoms with Gasteiger partial charge in [-0.25, -0.2) is 0 Å². The molecule has 84 valence electrons. The van der Waals surface area contributed by atoms with Crippen molar-refractivity contribution < 1.29 is 0 Å². The van der Waals surface area contributed by atoms with Crippen LogP contribution >= 0.6 is 11.6 Å². The Morgan fingerprint density at radius 3 is 2.65 bits per heavy atom. The molecule has 3 rings (SSSR count). The molecule has 0 atom stereocenters. The highest BCUT2D eigenvalue weighted by molar-refractivity contribution is 6.28. The minimum atomic E-state index is 0.0782. The van der Waals surface area contributed by atoms with Gasteiger partial charge < -0.3 is 5.73 Å². The van der Waals surface area contributed by atoms with Gasteiger partial charge in [0.25, 0.3) is 0 Å². The second-order valence-electron chi connectivity index (χ2n) is 3.39. The second kappa shape index (κ2) is 3.67. The van der Waals surface area contributed by atoms with Crippen molar-refractivity contribution in [2.24, 2.45) is 0 Å². The minimum Gasteiger partial charge on any atom is -0.382 e. The topological polar surface area (TPSA) is 82.5 Å². The predicted octanol–water partition coefficient (Wildman–Crippen LogP) is 1.45. The van der Waals surface area contributed by atoms with E-state index in [1.54, 1.807) is 4.68 Å². The lowest BCUT2D eigenvalue weighted by molar-refractivity contribution is 0.817. The first kappa shape index (κ1) is 9.98. The van der Waals surface area contributed by atoms with E-state index in [-0.39, 0.29) is 11.1 Å². The highest BCUT2D eigenvalue weighted by Gasteiger charge is 2.12. The van der Waals surface area contributed by atoms with Gasteiger partial charge in [-0.2, -0.15) is 14.6 Å². The molecular formula is C10H7ClN6. The van der Waals surface area contributed by atoms with Gasteiger partial charge in [0.15, 0.2) is 17.0 Å². The fourth-order valence-electron chi connectivity index (χ4n) is 1.55. The van der Waals surface area contributed by atoms with Crippen LogP contribution in [0, 0.1) is 0 Å². The predicted molar refractivity (Wildman–Crippen MR) is 63.9 cm³/mol. The highest BCUT2D eigenvalue weighted by Crippen LogP contribution is 2.19. The summed E-state index contributed by atoms with van der Waals surface area (Å²) in [6.45, 7) is 0. The molecule has 3 aromatic rings. The Balaban J connectivity index is 2.32. The summed E-state index contributed by atoms with van der Waals surface area (Å²) in [5.41, 5.74) is 7.47. The molecule has 0 saturated carbocycles. The Morgan fingerprint density at radius 1 is 1.12 bits per heavy atom. The molecule has 0 aliphatic rings. The molecule has 2 heterocycles. The number of nitrogens with two attached hydrogens (primary N) is 1. The van der Waals surface area contributed by atoms with E-state index in [2.05, 4.69) is 20.3 Å². The Kier molecular flexibility index (Phi) is 2.15. The Labute approximate surface area is 101 Å². The van der Waals surface area contributed by atoms with E-state index >= 15 is 0 Å². The van der Waals surface area contributed by atoms with Crippen molar-refractivity contribution in [3.63, 3.8) is 0 Å². The van der Waals surface area contributed by atoms with Crippen molar-refractivity contribution in [1.29, 1.82) is 0 Å². The van der Waals surface area contributed by atoms with Gasteiger partial charge in [0, 0.05) is 0 Å². The molecule has 0 fully saturated rings. The van der Waals surface area contributed by atoms with E-state index in [4.69, 9.17) is 17.3 Å².